The first-order chi connectivity index (χ1) is 11.8. The molecule has 0 aliphatic rings. The fraction of sp³-hybridized carbons (Fsp3) is 0.250. The van der Waals surface area contributed by atoms with E-state index in [-0.39, 0.29) is 24.6 Å². The molecule has 0 unspecified atom stereocenters. The standard InChI is InChI=1S/C16H15F3N2O3S/c17-16(18,19)10-24-7-6-20-14(22)11-3-1-4-12(9-11)21-15(23)13-5-2-8-25-13/h1-5,8-9H,6-7,10H2,(H,20,22)(H,21,23). The first-order valence-corrected chi connectivity index (χ1v) is 8.11. The highest BCUT2D eigenvalue weighted by Crippen LogP contribution is 2.15. The number of amides is 2. The number of thiophene rings is 1. The SMILES string of the molecule is O=C(NCCOCC(F)(F)F)c1cccc(NC(=O)c2cccs2)c1. The maximum absolute atomic E-state index is 12.0. The molecule has 5 nitrogen and oxygen atoms in total. The lowest BCUT2D eigenvalue weighted by molar-refractivity contribution is -0.173. The summed E-state index contributed by atoms with van der Waals surface area (Å²) in [6.45, 7) is -1.66. The van der Waals surface area contributed by atoms with E-state index in [1.54, 1.807) is 29.6 Å². The van der Waals surface area contributed by atoms with E-state index in [9.17, 15) is 22.8 Å². The zero-order valence-electron chi connectivity index (χ0n) is 12.9. The van der Waals surface area contributed by atoms with E-state index in [4.69, 9.17) is 0 Å². The lowest BCUT2D eigenvalue weighted by Crippen LogP contribution is -2.29. The Morgan fingerprint density at radius 1 is 1.12 bits per heavy atom. The third-order valence-electron chi connectivity index (χ3n) is 2.93. The predicted molar refractivity (Wildman–Crippen MR) is 87.9 cm³/mol. The summed E-state index contributed by atoms with van der Waals surface area (Å²) in [5.41, 5.74) is 0.721. The van der Waals surface area contributed by atoms with Gasteiger partial charge in [0, 0.05) is 17.8 Å². The molecule has 134 valence electrons. The summed E-state index contributed by atoms with van der Waals surface area (Å²) < 4.78 is 40.1. The summed E-state index contributed by atoms with van der Waals surface area (Å²) in [4.78, 5) is 24.5. The normalized spacial score (nSPS) is 11.2. The third-order valence-corrected chi connectivity index (χ3v) is 3.79. The van der Waals surface area contributed by atoms with Crippen molar-refractivity contribution in [2.24, 2.45) is 0 Å². The molecule has 0 saturated heterocycles. The van der Waals surface area contributed by atoms with Crippen LogP contribution in [0.1, 0.15) is 20.0 Å². The van der Waals surface area contributed by atoms with Crippen LogP contribution in [0.2, 0.25) is 0 Å². The summed E-state index contributed by atoms with van der Waals surface area (Å²) in [6, 6.07) is 9.68. The van der Waals surface area contributed by atoms with Crippen LogP contribution in [0.5, 0.6) is 0 Å². The van der Waals surface area contributed by atoms with Crippen molar-refractivity contribution in [2.75, 3.05) is 25.1 Å². The van der Waals surface area contributed by atoms with Gasteiger partial charge >= 0.3 is 6.18 Å². The second-order valence-electron chi connectivity index (χ2n) is 4.94. The molecule has 1 aromatic heterocycles. The zero-order chi connectivity index (χ0) is 18.3. The number of carbonyl (C=O) groups is 2. The quantitative estimate of drug-likeness (QED) is 0.733. The van der Waals surface area contributed by atoms with Gasteiger partial charge in [-0.3, -0.25) is 9.59 Å². The van der Waals surface area contributed by atoms with Gasteiger partial charge in [-0.2, -0.15) is 13.2 Å². The molecule has 0 atom stereocenters. The molecule has 0 radical (unpaired) electrons. The van der Waals surface area contributed by atoms with Gasteiger partial charge in [-0.25, -0.2) is 0 Å². The van der Waals surface area contributed by atoms with Crippen LogP contribution >= 0.6 is 11.3 Å². The van der Waals surface area contributed by atoms with Crippen LogP contribution in [-0.4, -0.2) is 37.7 Å². The molecule has 0 bridgehead atoms. The van der Waals surface area contributed by atoms with Crippen LogP contribution in [-0.2, 0) is 4.74 Å². The van der Waals surface area contributed by atoms with Gasteiger partial charge in [-0.1, -0.05) is 12.1 Å². The molecule has 0 aliphatic carbocycles. The molecule has 2 rings (SSSR count). The van der Waals surface area contributed by atoms with Crippen LogP contribution in [0, 0.1) is 0 Å². The minimum Gasteiger partial charge on any atom is -0.370 e. The van der Waals surface area contributed by atoms with E-state index in [2.05, 4.69) is 15.4 Å². The molecule has 0 fully saturated rings. The van der Waals surface area contributed by atoms with Crippen molar-refractivity contribution >= 4 is 28.8 Å². The van der Waals surface area contributed by atoms with E-state index in [0.29, 0.717) is 10.6 Å². The second-order valence-corrected chi connectivity index (χ2v) is 5.88. The van der Waals surface area contributed by atoms with E-state index in [1.165, 1.54) is 23.5 Å². The van der Waals surface area contributed by atoms with Crippen LogP contribution in [0.4, 0.5) is 18.9 Å². The highest BCUT2D eigenvalue weighted by molar-refractivity contribution is 7.12. The highest BCUT2D eigenvalue weighted by Gasteiger charge is 2.27. The maximum atomic E-state index is 12.0. The molecule has 2 amide bonds. The van der Waals surface area contributed by atoms with Crippen LogP contribution in [0.3, 0.4) is 0 Å². The molecule has 0 spiro atoms. The van der Waals surface area contributed by atoms with Crippen LogP contribution in [0.25, 0.3) is 0 Å². The Bertz CT molecular complexity index is 718. The summed E-state index contributed by atoms with van der Waals surface area (Å²) in [7, 11) is 0. The van der Waals surface area contributed by atoms with Crippen molar-refractivity contribution in [2.45, 2.75) is 6.18 Å². The van der Waals surface area contributed by atoms with Gasteiger partial charge in [-0.05, 0) is 29.6 Å². The number of ether oxygens (including phenoxy) is 1. The Hall–Kier alpha value is -2.39. The van der Waals surface area contributed by atoms with E-state index < -0.39 is 18.7 Å². The number of nitrogens with one attached hydrogen (secondary N) is 2. The monoisotopic (exact) mass is 372 g/mol. The summed E-state index contributed by atoms with van der Waals surface area (Å²) in [6.07, 6.45) is -4.39. The molecule has 0 saturated carbocycles. The van der Waals surface area contributed by atoms with Crippen molar-refractivity contribution < 1.29 is 27.5 Å². The molecule has 2 N–H and O–H groups in total. The topological polar surface area (TPSA) is 67.4 Å². The third kappa shape index (κ3) is 6.55. The van der Waals surface area contributed by atoms with Crippen molar-refractivity contribution in [3.05, 3.63) is 52.2 Å². The minimum absolute atomic E-state index is 0.0549. The Kier molecular flexibility index (Phi) is 6.54. The van der Waals surface area contributed by atoms with E-state index >= 15 is 0 Å². The molecular weight excluding hydrogens is 357 g/mol. The smallest absolute Gasteiger partial charge is 0.370 e. The highest BCUT2D eigenvalue weighted by atomic mass is 32.1. The number of rotatable bonds is 7. The lowest BCUT2D eigenvalue weighted by atomic mass is 10.2. The average molecular weight is 372 g/mol. The van der Waals surface area contributed by atoms with Crippen molar-refractivity contribution in [1.29, 1.82) is 0 Å². The van der Waals surface area contributed by atoms with Gasteiger partial charge in [0.05, 0.1) is 11.5 Å². The molecule has 25 heavy (non-hydrogen) atoms. The number of carbonyl (C=O) groups excluding carboxylic acids is 2. The fourth-order valence-electron chi connectivity index (χ4n) is 1.87. The summed E-state index contributed by atoms with van der Waals surface area (Å²) in [5.74, 6) is -0.754. The molecular formula is C16H15F3N2O3S. The van der Waals surface area contributed by atoms with Crippen molar-refractivity contribution in [1.82, 2.24) is 5.32 Å². The van der Waals surface area contributed by atoms with Crippen molar-refractivity contribution in [3.8, 4) is 0 Å². The number of hydrogen-bond donors (Lipinski definition) is 2. The average Bonchev–Trinajstić information content (AvgIpc) is 3.08. The predicted octanol–water partition coefficient (Wildman–Crippen LogP) is 3.31. The Balaban J connectivity index is 1.83. The van der Waals surface area contributed by atoms with Crippen LogP contribution < -0.4 is 10.6 Å². The number of hydrogen-bond acceptors (Lipinski definition) is 4. The Morgan fingerprint density at radius 2 is 1.92 bits per heavy atom. The number of anilines is 1. The van der Waals surface area contributed by atoms with Crippen LogP contribution in [0.15, 0.2) is 41.8 Å². The Morgan fingerprint density at radius 3 is 2.60 bits per heavy atom. The van der Waals surface area contributed by atoms with Gasteiger partial charge in [0.15, 0.2) is 0 Å². The fourth-order valence-corrected chi connectivity index (χ4v) is 2.48. The molecule has 9 heteroatoms. The first kappa shape index (κ1) is 18.9. The molecule has 1 heterocycles. The Labute approximate surface area is 145 Å². The van der Waals surface area contributed by atoms with Gasteiger partial charge in [0.25, 0.3) is 11.8 Å². The summed E-state index contributed by atoms with van der Waals surface area (Å²) in [5, 5.41) is 6.90. The number of benzene rings is 1. The zero-order valence-corrected chi connectivity index (χ0v) is 13.7. The second kappa shape index (κ2) is 8.63. The van der Waals surface area contributed by atoms with Crippen molar-refractivity contribution in [3.63, 3.8) is 0 Å². The number of halogens is 3. The molecule has 2 aromatic rings. The molecule has 1 aromatic carbocycles. The van der Waals surface area contributed by atoms with Gasteiger partial charge < -0.3 is 15.4 Å². The number of alkyl halides is 3. The van der Waals surface area contributed by atoms with Gasteiger partial charge in [0.2, 0.25) is 0 Å². The maximum Gasteiger partial charge on any atom is 0.411 e. The van der Waals surface area contributed by atoms with E-state index in [1.807, 2.05) is 0 Å². The lowest BCUT2D eigenvalue weighted by Gasteiger charge is -2.09. The van der Waals surface area contributed by atoms with Gasteiger partial charge in [0.1, 0.15) is 6.61 Å². The summed E-state index contributed by atoms with van der Waals surface area (Å²) >= 11 is 1.29. The minimum atomic E-state index is -4.39. The first-order valence-electron chi connectivity index (χ1n) is 7.23. The van der Waals surface area contributed by atoms with E-state index in [0.717, 1.165) is 0 Å². The largest absolute Gasteiger partial charge is 0.411 e. The van der Waals surface area contributed by atoms with Gasteiger partial charge in [-0.15, -0.1) is 11.3 Å². The molecule has 0 aliphatic heterocycles.